The number of hydrogen-bond donors (Lipinski definition) is 0. The van der Waals surface area contributed by atoms with E-state index in [9.17, 15) is 9.59 Å². The zero-order chi connectivity index (χ0) is 18.2. The summed E-state index contributed by atoms with van der Waals surface area (Å²) >= 11 is 0. The van der Waals surface area contributed by atoms with E-state index in [2.05, 4.69) is 4.74 Å². The van der Waals surface area contributed by atoms with Gasteiger partial charge in [-0.3, -0.25) is 0 Å². The highest BCUT2D eigenvalue weighted by atomic mass is 16.6. The summed E-state index contributed by atoms with van der Waals surface area (Å²) in [6.45, 7) is 9.38. The minimum absolute atomic E-state index is 0.160. The second-order valence-corrected chi connectivity index (χ2v) is 6.89. The molecule has 1 amide bonds. The number of rotatable bonds is 1. The van der Waals surface area contributed by atoms with E-state index in [0.717, 1.165) is 31.5 Å². The van der Waals surface area contributed by atoms with Gasteiger partial charge < -0.3 is 14.4 Å². The van der Waals surface area contributed by atoms with Gasteiger partial charge in [-0.15, -0.1) is 0 Å². The number of aryl methyl sites for hydroxylation is 1. The van der Waals surface area contributed by atoms with Gasteiger partial charge in [-0.05, 0) is 59.1 Å². The predicted octanol–water partition coefficient (Wildman–Crippen LogP) is 4.19. The van der Waals surface area contributed by atoms with Crippen LogP contribution in [0.5, 0.6) is 0 Å². The van der Waals surface area contributed by atoms with Crippen LogP contribution >= 0.6 is 0 Å². The Morgan fingerprint density at radius 2 is 1.54 bits per heavy atom. The van der Waals surface area contributed by atoms with E-state index in [1.807, 2.05) is 39.8 Å². The summed E-state index contributed by atoms with van der Waals surface area (Å²) in [5, 5.41) is 0. The van der Waals surface area contributed by atoms with Gasteiger partial charge in [-0.1, -0.05) is 17.7 Å². The second-order valence-electron chi connectivity index (χ2n) is 6.89. The molecule has 0 bridgehead atoms. The molecular formula is C19H29NO4. The molecule has 2 rings (SSSR count). The third-order valence-electron chi connectivity index (χ3n) is 3.48. The quantitative estimate of drug-likeness (QED) is 0.722. The summed E-state index contributed by atoms with van der Waals surface area (Å²) in [7, 11) is 1.38. The predicted molar refractivity (Wildman–Crippen MR) is 94.2 cm³/mol. The molecule has 1 saturated heterocycles. The van der Waals surface area contributed by atoms with Gasteiger partial charge in [0.1, 0.15) is 5.60 Å². The zero-order valence-electron chi connectivity index (χ0n) is 15.4. The van der Waals surface area contributed by atoms with Gasteiger partial charge in [0.2, 0.25) is 0 Å². The molecule has 5 nitrogen and oxygen atoms in total. The lowest BCUT2D eigenvalue weighted by molar-refractivity contribution is 0.0215. The van der Waals surface area contributed by atoms with Crippen molar-refractivity contribution in [3.8, 4) is 0 Å². The van der Waals surface area contributed by atoms with Crippen molar-refractivity contribution < 1.29 is 19.1 Å². The fraction of sp³-hybridized carbons (Fsp3) is 0.579. The van der Waals surface area contributed by atoms with Gasteiger partial charge in [-0.25, -0.2) is 9.59 Å². The maximum Gasteiger partial charge on any atom is 0.410 e. The van der Waals surface area contributed by atoms with E-state index in [-0.39, 0.29) is 17.7 Å². The first-order valence-corrected chi connectivity index (χ1v) is 8.36. The van der Waals surface area contributed by atoms with Gasteiger partial charge in [0, 0.05) is 13.1 Å². The van der Waals surface area contributed by atoms with Crippen LogP contribution in [-0.4, -0.2) is 42.8 Å². The van der Waals surface area contributed by atoms with Crippen LogP contribution < -0.4 is 0 Å². The molecule has 134 valence electrons. The summed E-state index contributed by atoms with van der Waals surface area (Å²) < 4.78 is 9.80. The number of ether oxygens (including phenoxy) is 2. The van der Waals surface area contributed by atoms with E-state index >= 15 is 0 Å². The molecule has 0 radical (unpaired) electrons. The summed E-state index contributed by atoms with van der Waals surface area (Å²) in [5.74, 6) is -0.287. The van der Waals surface area contributed by atoms with Gasteiger partial charge in [0.15, 0.2) is 0 Å². The fourth-order valence-electron chi connectivity index (χ4n) is 2.21. The third-order valence-corrected chi connectivity index (χ3v) is 3.48. The number of carbonyl (C=O) groups is 2. The van der Waals surface area contributed by atoms with Crippen molar-refractivity contribution in [1.82, 2.24) is 4.90 Å². The Hall–Kier alpha value is -2.04. The van der Waals surface area contributed by atoms with Gasteiger partial charge >= 0.3 is 12.1 Å². The Labute approximate surface area is 144 Å². The molecule has 1 aliphatic heterocycles. The molecule has 1 aromatic rings. The van der Waals surface area contributed by atoms with Gasteiger partial charge in [-0.2, -0.15) is 0 Å². The molecule has 0 unspecified atom stereocenters. The van der Waals surface area contributed by atoms with Gasteiger partial charge in [0.25, 0.3) is 0 Å². The van der Waals surface area contributed by atoms with Gasteiger partial charge in [0.05, 0.1) is 12.7 Å². The Kier molecular flexibility index (Phi) is 7.75. The minimum atomic E-state index is -0.367. The highest BCUT2D eigenvalue weighted by Crippen LogP contribution is 2.14. The molecule has 0 spiro atoms. The zero-order valence-corrected chi connectivity index (χ0v) is 15.4. The maximum atomic E-state index is 11.5. The fourth-order valence-corrected chi connectivity index (χ4v) is 2.21. The number of likely N-dealkylation sites (tertiary alicyclic amines) is 1. The van der Waals surface area contributed by atoms with E-state index < -0.39 is 0 Å². The first kappa shape index (κ1) is 20.0. The van der Waals surface area contributed by atoms with E-state index in [0.29, 0.717) is 5.56 Å². The van der Waals surface area contributed by atoms with Crippen molar-refractivity contribution in [2.24, 2.45) is 0 Å². The molecule has 1 aromatic carbocycles. The van der Waals surface area contributed by atoms with Crippen LogP contribution in [-0.2, 0) is 9.47 Å². The van der Waals surface area contributed by atoms with Crippen LogP contribution in [0.25, 0.3) is 0 Å². The average molecular weight is 335 g/mol. The maximum absolute atomic E-state index is 11.5. The van der Waals surface area contributed by atoms with E-state index in [1.165, 1.54) is 13.5 Å². The van der Waals surface area contributed by atoms with Crippen molar-refractivity contribution in [2.75, 3.05) is 20.2 Å². The number of esters is 1. The lowest BCUT2D eigenvalue weighted by Gasteiger charge is -2.29. The summed E-state index contributed by atoms with van der Waals surface area (Å²) in [6.07, 6.45) is 3.30. The first-order valence-electron chi connectivity index (χ1n) is 8.36. The van der Waals surface area contributed by atoms with Crippen LogP contribution in [0.3, 0.4) is 0 Å². The molecule has 0 saturated carbocycles. The number of carbonyl (C=O) groups excluding carboxylic acids is 2. The smallest absolute Gasteiger partial charge is 0.410 e. The van der Waals surface area contributed by atoms with Crippen LogP contribution in [0.4, 0.5) is 4.79 Å². The number of nitrogens with zero attached hydrogens (tertiary/aromatic N) is 1. The molecule has 24 heavy (non-hydrogen) atoms. The minimum Gasteiger partial charge on any atom is -0.465 e. The van der Waals surface area contributed by atoms with Crippen molar-refractivity contribution >= 4 is 12.1 Å². The van der Waals surface area contributed by atoms with Crippen molar-refractivity contribution in [2.45, 2.75) is 52.6 Å². The van der Waals surface area contributed by atoms with E-state index in [1.54, 1.807) is 17.0 Å². The molecular weight excluding hydrogens is 306 g/mol. The Balaban J connectivity index is 0.000000243. The first-order chi connectivity index (χ1) is 11.2. The molecule has 1 aliphatic rings. The molecule has 0 atom stereocenters. The lowest BCUT2D eigenvalue weighted by atomic mass is 10.1. The number of methoxy groups -OCH3 is 1. The van der Waals surface area contributed by atoms with Crippen LogP contribution in [0, 0.1) is 6.92 Å². The summed E-state index contributed by atoms with van der Waals surface area (Å²) in [5.41, 5.74) is 1.37. The molecule has 1 fully saturated rings. The number of benzene rings is 1. The lowest BCUT2D eigenvalue weighted by Crippen LogP contribution is -2.39. The van der Waals surface area contributed by atoms with Crippen molar-refractivity contribution in [1.29, 1.82) is 0 Å². The van der Waals surface area contributed by atoms with Crippen LogP contribution in [0.2, 0.25) is 0 Å². The Bertz CT molecular complexity index is 525. The second kappa shape index (κ2) is 9.30. The SMILES string of the molecule is CC(C)(C)OC(=O)N1CCCCC1.COC(=O)c1ccc(C)cc1. The number of amides is 1. The summed E-state index contributed by atoms with van der Waals surface area (Å²) in [4.78, 5) is 24.2. The molecule has 0 aromatic heterocycles. The standard InChI is InChI=1S/C10H19NO2.C9H10O2/c1-10(2,3)13-9(12)11-7-5-4-6-8-11;1-7-3-5-8(6-4-7)9(10)11-2/h4-8H2,1-3H3;3-6H,1-2H3. The largest absolute Gasteiger partial charge is 0.465 e. The molecule has 0 N–H and O–H groups in total. The van der Waals surface area contributed by atoms with Crippen LogP contribution in [0.15, 0.2) is 24.3 Å². The summed E-state index contributed by atoms with van der Waals surface area (Å²) in [6, 6.07) is 7.26. The van der Waals surface area contributed by atoms with Crippen molar-refractivity contribution in [3.63, 3.8) is 0 Å². The van der Waals surface area contributed by atoms with Crippen molar-refractivity contribution in [3.05, 3.63) is 35.4 Å². The molecule has 5 heteroatoms. The highest BCUT2D eigenvalue weighted by molar-refractivity contribution is 5.89. The number of hydrogen-bond acceptors (Lipinski definition) is 4. The van der Waals surface area contributed by atoms with Crippen LogP contribution in [0.1, 0.15) is 56.0 Å². The molecule has 0 aliphatic carbocycles. The third kappa shape index (κ3) is 7.49. The highest BCUT2D eigenvalue weighted by Gasteiger charge is 2.22. The average Bonchev–Trinajstić information content (AvgIpc) is 2.55. The topological polar surface area (TPSA) is 55.8 Å². The molecule has 1 heterocycles. The normalized spacial score (nSPS) is 14.3. The Morgan fingerprint density at radius 1 is 1.00 bits per heavy atom. The number of piperidine rings is 1. The monoisotopic (exact) mass is 335 g/mol. The Morgan fingerprint density at radius 3 is 2.00 bits per heavy atom. The van der Waals surface area contributed by atoms with E-state index in [4.69, 9.17) is 4.74 Å².